The van der Waals surface area contributed by atoms with Crippen molar-refractivity contribution in [3.63, 3.8) is 0 Å². The molecule has 1 aliphatic heterocycles. The summed E-state index contributed by atoms with van der Waals surface area (Å²) in [6.45, 7) is 3.66. The number of aliphatic imine (C=N–C) groups is 2. The van der Waals surface area contributed by atoms with Crippen LogP contribution in [0.1, 0.15) is 19.4 Å². The predicted molar refractivity (Wildman–Crippen MR) is 92.7 cm³/mol. The molecule has 6 nitrogen and oxygen atoms in total. The monoisotopic (exact) mass is 385 g/mol. The lowest BCUT2D eigenvalue weighted by Gasteiger charge is -2.36. The normalized spacial score (nSPS) is 16.7. The van der Waals surface area contributed by atoms with Crippen molar-refractivity contribution in [1.82, 2.24) is 5.06 Å². The quantitative estimate of drug-likeness (QED) is 0.834. The van der Waals surface area contributed by atoms with Crippen molar-refractivity contribution in [3.8, 4) is 0 Å². The summed E-state index contributed by atoms with van der Waals surface area (Å²) in [7, 11) is 0. The fourth-order valence-electron chi connectivity index (χ4n) is 1.86. The van der Waals surface area contributed by atoms with Crippen LogP contribution in [-0.4, -0.2) is 22.6 Å². The van der Waals surface area contributed by atoms with Gasteiger partial charge in [0.2, 0.25) is 11.9 Å². The second kappa shape index (κ2) is 7.10. The average Bonchev–Trinajstić information content (AvgIpc) is 2.29. The summed E-state index contributed by atoms with van der Waals surface area (Å²) in [5.41, 5.74) is 11.2. The van der Waals surface area contributed by atoms with E-state index in [2.05, 4.69) is 9.98 Å². The first-order valence-electron chi connectivity index (χ1n) is 5.97. The van der Waals surface area contributed by atoms with E-state index in [1.54, 1.807) is 26.0 Å². The zero-order chi connectivity index (χ0) is 15.8. The summed E-state index contributed by atoms with van der Waals surface area (Å²) in [5, 5.41) is 2.61. The molecule has 0 amide bonds. The molecule has 10 heteroatoms. The van der Waals surface area contributed by atoms with E-state index < -0.39 is 5.66 Å². The Kier molecular flexibility index (Phi) is 6.18. The van der Waals surface area contributed by atoms with E-state index in [1.807, 2.05) is 0 Å². The maximum Gasteiger partial charge on any atom is 0.226 e. The Morgan fingerprint density at radius 3 is 2.23 bits per heavy atom. The van der Waals surface area contributed by atoms with Crippen molar-refractivity contribution in [1.29, 1.82) is 0 Å². The minimum atomic E-state index is -0.790. The Morgan fingerprint density at radius 1 is 1.18 bits per heavy atom. The average molecular weight is 387 g/mol. The van der Waals surface area contributed by atoms with Crippen LogP contribution in [0.2, 0.25) is 15.1 Å². The summed E-state index contributed by atoms with van der Waals surface area (Å²) in [4.78, 5) is 13.7. The first-order valence-corrected chi connectivity index (χ1v) is 7.10. The van der Waals surface area contributed by atoms with Crippen molar-refractivity contribution in [2.24, 2.45) is 21.5 Å². The Labute approximate surface area is 149 Å². The van der Waals surface area contributed by atoms with Crippen molar-refractivity contribution in [3.05, 3.63) is 32.8 Å². The van der Waals surface area contributed by atoms with Gasteiger partial charge >= 0.3 is 0 Å². The maximum absolute atomic E-state index is 6.11. The SMILES string of the molecule is CC1(C)N=C(N)N=C(N)N1OCc1c(Cl)cc(Cl)cc1Cl.Cl. The van der Waals surface area contributed by atoms with Gasteiger partial charge in [-0.3, -0.25) is 4.84 Å². The van der Waals surface area contributed by atoms with E-state index >= 15 is 0 Å². The molecule has 0 radical (unpaired) electrons. The zero-order valence-electron chi connectivity index (χ0n) is 11.8. The van der Waals surface area contributed by atoms with E-state index in [0.717, 1.165) is 0 Å². The Hall–Kier alpha value is -0.920. The molecule has 0 spiro atoms. The first kappa shape index (κ1) is 19.1. The van der Waals surface area contributed by atoms with Gasteiger partial charge in [0.25, 0.3) is 0 Å². The van der Waals surface area contributed by atoms with Crippen LogP contribution in [0.3, 0.4) is 0 Å². The minimum Gasteiger partial charge on any atom is -0.368 e. The smallest absolute Gasteiger partial charge is 0.226 e. The maximum atomic E-state index is 6.11. The number of guanidine groups is 2. The highest BCUT2D eigenvalue weighted by Gasteiger charge is 2.33. The van der Waals surface area contributed by atoms with E-state index in [-0.39, 0.29) is 30.9 Å². The van der Waals surface area contributed by atoms with Crippen LogP contribution in [0, 0.1) is 0 Å². The molecule has 0 bridgehead atoms. The number of hydrogen-bond donors (Lipinski definition) is 2. The number of halogens is 4. The molecule has 22 heavy (non-hydrogen) atoms. The predicted octanol–water partition coefficient (Wildman–Crippen LogP) is 3.18. The van der Waals surface area contributed by atoms with Crippen LogP contribution in [0.15, 0.2) is 22.1 Å². The molecule has 0 aliphatic carbocycles. The van der Waals surface area contributed by atoms with Crippen LogP contribution in [0.4, 0.5) is 0 Å². The molecule has 2 rings (SSSR count). The van der Waals surface area contributed by atoms with Gasteiger partial charge < -0.3 is 11.5 Å². The number of rotatable bonds is 3. The number of hydroxylamine groups is 2. The molecule has 1 aliphatic rings. The molecule has 1 aromatic carbocycles. The number of nitrogens with zero attached hydrogens (tertiary/aromatic N) is 3. The standard InChI is InChI=1S/C12H14Cl3N5O.ClH/c1-12(2)19-10(16)18-11(17)20(12)21-5-7-8(14)3-6(13)4-9(7)15;/h3-4H,5H2,1-2H3,(H4,16,17,18,19);1H. The van der Waals surface area contributed by atoms with Gasteiger partial charge in [0.05, 0.1) is 0 Å². The molecule has 122 valence electrons. The van der Waals surface area contributed by atoms with Crippen molar-refractivity contribution in [2.45, 2.75) is 26.1 Å². The summed E-state index contributed by atoms with van der Waals surface area (Å²) >= 11 is 18.1. The van der Waals surface area contributed by atoms with Gasteiger partial charge in [-0.1, -0.05) is 34.8 Å². The molecule has 0 saturated carbocycles. The number of nitrogens with two attached hydrogens (primary N) is 2. The Morgan fingerprint density at radius 2 is 1.73 bits per heavy atom. The van der Waals surface area contributed by atoms with Crippen LogP contribution in [-0.2, 0) is 11.4 Å². The zero-order valence-corrected chi connectivity index (χ0v) is 14.9. The molecule has 1 heterocycles. The molecule has 0 saturated heterocycles. The lowest BCUT2D eigenvalue weighted by Crippen LogP contribution is -2.53. The van der Waals surface area contributed by atoms with Gasteiger partial charge in [0.1, 0.15) is 6.61 Å². The lowest BCUT2D eigenvalue weighted by atomic mass is 10.2. The molecule has 0 fully saturated rings. The van der Waals surface area contributed by atoms with Crippen LogP contribution < -0.4 is 11.5 Å². The Balaban J connectivity index is 0.00000242. The second-order valence-corrected chi connectivity index (χ2v) is 6.10. The third-order valence-electron chi connectivity index (χ3n) is 2.77. The van der Waals surface area contributed by atoms with Gasteiger partial charge in [-0.15, -0.1) is 12.4 Å². The molecule has 0 atom stereocenters. The molecule has 0 unspecified atom stereocenters. The molecular weight excluding hydrogens is 372 g/mol. The third kappa shape index (κ3) is 4.08. The van der Waals surface area contributed by atoms with E-state index in [0.29, 0.717) is 20.6 Å². The lowest BCUT2D eigenvalue weighted by molar-refractivity contribution is -0.166. The molecule has 1 aromatic rings. The van der Waals surface area contributed by atoms with Gasteiger partial charge in [0.15, 0.2) is 5.66 Å². The van der Waals surface area contributed by atoms with E-state index in [1.165, 1.54) is 5.06 Å². The van der Waals surface area contributed by atoms with Gasteiger partial charge in [-0.25, -0.2) is 4.99 Å². The fraction of sp³-hybridized carbons (Fsp3) is 0.333. The highest BCUT2D eigenvalue weighted by atomic mass is 35.5. The number of benzene rings is 1. The first-order chi connectivity index (χ1) is 9.70. The summed E-state index contributed by atoms with van der Waals surface area (Å²) in [6, 6.07) is 3.17. The van der Waals surface area contributed by atoms with E-state index in [4.69, 9.17) is 51.1 Å². The summed E-state index contributed by atoms with van der Waals surface area (Å²) in [5.74, 6) is 0.202. The molecule has 4 N–H and O–H groups in total. The van der Waals surface area contributed by atoms with Gasteiger partial charge in [-0.05, 0) is 26.0 Å². The van der Waals surface area contributed by atoms with E-state index in [9.17, 15) is 0 Å². The van der Waals surface area contributed by atoms with Gasteiger partial charge in [-0.2, -0.15) is 10.1 Å². The number of hydrogen-bond acceptors (Lipinski definition) is 6. The fourth-order valence-corrected chi connectivity index (χ4v) is 2.78. The van der Waals surface area contributed by atoms with Gasteiger partial charge in [0, 0.05) is 20.6 Å². The topological polar surface area (TPSA) is 89.2 Å². The van der Waals surface area contributed by atoms with Crippen molar-refractivity contribution < 1.29 is 4.84 Å². The summed E-state index contributed by atoms with van der Waals surface area (Å²) < 4.78 is 0. The molecule has 0 aromatic heterocycles. The molecular formula is C12H15Cl4N5O. The largest absolute Gasteiger partial charge is 0.368 e. The third-order valence-corrected chi connectivity index (χ3v) is 3.66. The van der Waals surface area contributed by atoms with Crippen molar-refractivity contribution in [2.75, 3.05) is 0 Å². The highest BCUT2D eigenvalue weighted by Crippen LogP contribution is 2.30. The Bertz CT molecular complexity index is 609. The second-order valence-electron chi connectivity index (χ2n) is 4.85. The highest BCUT2D eigenvalue weighted by molar-refractivity contribution is 6.39. The van der Waals surface area contributed by atoms with Crippen LogP contribution in [0.5, 0.6) is 0 Å². The summed E-state index contributed by atoms with van der Waals surface area (Å²) in [6.07, 6.45) is 0. The minimum absolute atomic E-state index is 0. The van der Waals surface area contributed by atoms with Crippen molar-refractivity contribution >= 4 is 59.1 Å². The van der Waals surface area contributed by atoms with Crippen LogP contribution >= 0.6 is 47.2 Å². The van der Waals surface area contributed by atoms with Crippen LogP contribution in [0.25, 0.3) is 0 Å².